The van der Waals surface area contributed by atoms with Crippen molar-refractivity contribution in [2.24, 2.45) is 0 Å². The highest BCUT2D eigenvalue weighted by Gasteiger charge is 2.27. The Labute approximate surface area is 158 Å². The molecule has 0 radical (unpaired) electrons. The molecule has 1 atom stereocenters. The zero-order chi connectivity index (χ0) is 18.0. The third kappa shape index (κ3) is 4.00. The molecule has 1 unspecified atom stereocenters. The standard InChI is InChI=1S/C20H22Cl2N2O/c1-3-8-23-20(25)14-6-4-13(5-7-14)17-11-24(2)12-18-16(17)9-15(21)10-19(18)22/h4-7,9-10,17H,3,8,11-12H2,1-2H3,(H,23,25). The van der Waals surface area contributed by atoms with Crippen LogP contribution in [0.5, 0.6) is 0 Å². The van der Waals surface area contributed by atoms with E-state index < -0.39 is 0 Å². The molecule has 2 aromatic carbocycles. The number of hydrogen-bond donors (Lipinski definition) is 1. The average Bonchev–Trinajstić information content (AvgIpc) is 2.60. The first-order chi connectivity index (χ1) is 12.0. The number of nitrogens with zero attached hydrogens (tertiary/aromatic N) is 1. The average molecular weight is 377 g/mol. The predicted octanol–water partition coefficient (Wildman–Crippen LogP) is 4.71. The zero-order valence-electron chi connectivity index (χ0n) is 14.5. The lowest BCUT2D eigenvalue weighted by atomic mass is 9.84. The number of halogens is 2. The van der Waals surface area contributed by atoms with E-state index in [1.807, 2.05) is 37.3 Å². The van der Waals surface area contributed by atoms with Crippen LogP contribution in [-0.4, -0.2) is 30.9 Å². The lowest BCUT2D eigenvalue weighted by Crippen LogP contribution is -2.31. The molecule has 1 N–H and O–H groups in total. The number of rotatable bonds is 4. The zero-order valence-corrected chi connectivity index (χ0v) is 16.0. The highest BCUT2D eigenvalue weighted by Crippen LogP contribution is 2.38. The maximum absolute atomic E-state index is 12.1. The predicted molar refractivity (Wildman–Crippen MR) is 104 cm³/mol. The molecule has 3 rings (SSSR count). The third-order valence-corrected chi connectivity index (χ3v) is 5.16. The molecule has 25 heavy (non-hydrogen) atoms. The monoisotopic (exact) mass is 376 g/mol. The van der Waals surface area contributed by atoms with E-state index >= 15 is 0 Å². The summed E-state index contributed by atoms with van der Waals surface area (Å²) in [5.74, 6) is 0.165. The summed E-state index contributed by atoms with van der Waals surface area (Å²) in [7, 11) is 2.09. The summed E-state index contributed by atoms with van der Waals surface area (Å²) in [4.78, 5) is 14.3. The number of benzene rings is 2. The van der Waals surface area contributed by atoms with E-state index in [4.69, 9.17) is 23.2 Å². The van der Waals surface area contributed by atoms with Gasteiger partial charge in [0.1, 0.15) is 0 Å². The van der Waals surface area contributed by atoms with Gasteiger partial charge in [-0.3, -0.25) is 4.79 Å². The summed E-state index contributed by atoms with van der Waals surface area (Å²) >= 11 is 12.7. The minimum Gasteiger partial charge on any atom is -0.352 e. The lowest BCUT2D eigenvalue weighted by Gasteiger charge is -2.33. The van der Waals surface area contributed by atoms with Crippen molar-refractivity contribution in [3.63, 3.8) is 0 Å². The van der Waals surface area contributed by atoms with Gasteiger partial charge >= 0.3 is 0 Å². The molecule has 0 saturated carbocycles. The molecule has 3 nitrogen and oxygen atoms in total. The van der Waals surface area contributed by atoms with Crippen LogP contribution in [0.2, 0.25) is 10.0 Å². The van der Waals surface area contributed by atoms with E-state index in [9.17, 15) is 4.79 Å². The minimum atomic E-state index is -0.0272. The second-order valence-corrected chi connectivity index (χ2v) is 7.43. The van der Waals surface area contributed by atoms with Crippen molar-refractivity contribution in [1.82, 2.24) is 10.2 Å². The van der Waals surface area contributed by atoms with Crippen LogP contribution in [0.15, 0.2) is 36.4 Å². The topological polar surface area (TPSA) is 32.3 Å². The number of nitrogens with one attached hydrogen (secondary N) is 1. The summed E-state index contributed by atoms with van der Waals surface area (Å²) in [6.45, 7) is 4.44. The van der Waals surface area contributed by atoms with E-state index in [1.165, 1.54) is 5.56 Å². The molecule has 0 saturated heterocycles. The minimum absolute atomic E-state index is 0.0272. The summed E-state index contributed by atoms with van der Waals surface area (Å²) in [6, 6.07) is 11.7. The molecule has 1 heterocycles. The van der Waals surface area contributed by atoms with Crippen molar-refractivity contribution >= 4 is 29.1 Å². The number of likely N-dealkylation sites (N-methyl/N-ethyl adjacent to an activating group) is 1. The Bertz CT molecular complexity index is 774. The van der Waals surface area contributed by atoms with Crippen molar-refractivity contribution in [3.8, 4) is 0 Å². The van der Waals surface area contributed by atoms with Gasteiger partial charge in [0.15, 0.2) is 0 Å². The molecule has 5 heteroatoms. The molecule has 0 spiro atoms. The fourth-order valence-corrected chi connectivity index (χ4v) is 3.91. The highest BCUT2D eigenvalue weighted by molar-refractivity contribution is 6.35. The largest absolute Gasteiger partial charge is 0.352 e. The van der Waals surface area contributed by atoms with Crippen LogP contribution in [0.1, 0.15) is 46.3 Å². The highest BCUT2D eigenvalue weighted by atomic mass is 35.5. The van der Waals surface area contributed by atoms with Crippen LogP contribution in [-0.2, 0) is 6.54 Å². The van der Waals surface area contributed by atoms with Crippen LogP contribution in [0.3, 0.4) is 0 Å². The Morgan fingerprint density at radius 2 is 1.96 bits per heavy atom. The molecule has 0 aromatic heterocycles. The smallest absolute Gasteiger partial charge is 0.251 e. The van der Waals surface area contributed by atoms with Gasteiger partial charge in [0, 0.05) is 41.2 Å². The van der Waals surface area contributed by atoms with Gasteiger partial charge in [-0.25, -0.2) is 0 Å². The Hall–Kier alpha value is -1.55. The molecule has 1 aliphatic heterocycles. The molecular weight excluding hydrogens is 355 g/mol. The van der Waals surface area contributed by atoms with Crippen molar-refractivity contribution in [2.45, 2.75) is 25.8 Å². The summed E-state index contributed by atoms with van der Waals surface area (Å²) in [6.07, 6.45) is 0.927. The third-order valence-electron chi connectivity index (χ3n) is 4.60. The summed E-state index contributed by atoms with van der Waals surface area (Å²) in [5.41, 5.74) is 4.16. The van der Waals surface area contributed by atoms with Crippen molar-refractivity contribution in [1.29, 1.82) is 0 Å². The summed E-state index contributed by atoms with van der Waals surface area (Å²) < 4.78 is 0. The maximum Gasteiger partial charge on any atom is 0.251 e. The molecule has 1 aliphatic rings. The van der Waals surface area contributed by atoms with E-state index in [-0.39, 0.29) is 11.8 Å². The van der Waals surface area contributed by atoms with Crippen molar-refractivity contribution in [2.75, 3.05) is 20.1 Å². The van der Waals surface area contributed by atoms with E-state index in [1.54, 1.807) is 6.07 Å². The Morgan fingerprint density at radius 3 is 2.64 bits per heavy atom. The molecular formula is C20H22Cl2N2O. The first-order valence-corrected chi connectivity index (χ1v) is 9.29. The lowest BCUT2D eigenvalue weighted by molar-refractivity contribution is 0.0953. The molecule has 1 amide bonds. The van der Waals surface area contributed by atoms with Gasteiger partial charge in [0.05, 0.1) is 0 Å². The second kappa shape index (κ2) is 7.77. The van der Waals surface area contributed by atoms with Crippen LogP contribution in [0.4, 0.5) is 0 Å². The van der Waals surface area contributed by atoms with Gasteiger partial charge in [-0.2, -0.15) is 0 Å². The summed E-state index contributed by atoms with van der Waals surface area (Å²) in [5, 5.41) is 4.28. The molecule has 132 valence electrons. The van der Waals surface area contributed by atoms with Crippen LogP contribution >= 0.6 is 23.2 Å². The first-order valence-electron chi connectivity index (χ1n) is 8.54. The number of hydrogen-bond acceptors (Lipinski definition) is 2. The van der Waals surface area contributed by atoms with Crippen molar-refractivity contribution in [3.05, 3.63) is 68.7 Å². The number of carbonyl (C=O) groups excluding carboxylic acids is 1. The number of amides is 1. The van der Waals surface area contributed by atoms with Gasteiger partial charge < -0.3 is 10.2 Å². The van der Waals surface area contributed by atoms with Gasteiger partial charge in [-0.05, 0) is 54.4 Å². The van der Waals surface area contributed by atoms with Crippen LogP contribution in [0.25, 0.3) is 0 Å². The molecule has 2 aromatic rings. The fraction of sp³-hybridized carbons (Fsp3) is 0.350. The Morgan fingerprint density at radius 1 is 1.24 bits per heavy atom. The maximum atomic E-state index is 12.1. The molecule has 0 aliphatic carbocycles. The first kappa shape index (κ1) is 18.2. The molecule has 0 bridgehead atoms. The fourth-order valence-electron chi connectivity index (χ4n) is 3.34. The van der Waals surface area contributed by atoms with Gasteiger partial charge in [0.2, 0.25) is 0 Å². The Balaban J connectivity index is 1.91. The quantitative estimate of drug-likeness (QED) is 0.837. The van der Waals surface area contributed by atoms with Crippen molar-refractivity contribution < 1.29 is 4.79 Å². The van der Waals surface area contributed by atoms with E-state index in [2.05, 4.69) is 17.3 Å². The number of carbonyl (C=O) groups is 1. The normalized spacial score (nSPS) is 17.2. The molecule has 0 fully saturated rings. The van der Waals surface area contributed by atoms with E-state index in [0.717, 1.165) is 35.7 Å². The SMILES string of the molecule is CCCNC(=O)c1ccc(C2CN(C)Cc3c(Cl)cc(Cl)cc32)cc1. The Kier molecular flexibility index (Phi) is 5.67. The van der Waals surface area contributed by atoms with Gasteiger partial charge in [0.25, 0.3) is 5.91 Å². The second-order valence-electron chi connectivity index (χ2n) is 6.58. The van der Waals surface area contributed by atoms with E-state index in [0.29, 0.717) is 17.1 Å². The van der Waals surface area contributed by atoms with Gasteiger partial charge in [-0.1, -0.05) is 42.3 Å². The van der Waals surface area contributed by atoms with Crippen LogP contribution < -0.4 is 5.32 Å². The number of fused-ring (bicyclic) bond motifs is 1. The van der Waals surface area contributed by atoms with Gasteiger partial charge in [-0.15, -0.1) is 0 Å². The van der Waals surface area contributed by atoms with Crippen LogP contribution in [0, 0.1) is 0 Å².